The summed E-state index contributed by atoms with van der Waals surface area (Å²) in [5, 5.41) is 14.0. The van der Waals surface area contributed by atoms with Crippen LogP contribution in [0.25, 0.3) is 0 Å². The fourth-order valence-corrected chi connectivity index (χ4v) is 2.07. The number of hydrogen-bond donors (Lipinski definition) is 1. The number of halogens is 1. The third kappa shape index (κ3) is 3.59. The Morgan fingerprint density at radius 1 is 1.67 bits per heavy atom. The molecule has 0 bridgehead atoms. The minimum atomic E-state index is -0.479. The molecular weight excluding hydrogens is 260 g/mol. The summed E-state index contributed by atoms with van der Waals surface area (Å²) in [5.74, 6) is 0. The maximum absolute atomic E-state index is 9.92. The molecule has 1 aromatic rings. The van der Waals surface area contributed by atoms with E-state index in [0.717, 1.165) is 23.2 Å². The SMILES string of the molecule is CCOCCCC(O)c1c(Br)cnn1C. The molecule has 0 saturated carbocycles. The van der Waals surface area contributed by atoms with Crippen molar-refractivity contribution in [1.82, 2.24) is 9.78 Å². The Kier molecular flexibility index (Phi) is 5.28. The number of aliphatic hydroxyl groups excluding tert-OH is 1. The zero-order valence-electron chi connectivity index (χ0n) is 9.11. The molecule has 1 heterocycles. The molecule has 1 aromatic heterocycles. The van der Waals surface area contributed by atoms with E-state index in [1.807, 2.05) is 14.0 Å². The molecule has 0 aliphatic carbocycles. The van der Waals surface area contributed by atoms with E-state index in [2.05, 4.69) is 21.0 Å². The molecule has 0 spiro atoms. The maximum atomic E-state index is 9.92. The molecule has 1 atom stereocenters. The van der Waals surface area contributed by atoms with Gasteiger partial charge in [0.15, 0.2) is 0 Å². The van der Waals surface area contributed by atoms with Gasteiger partial charge in [-0.3, -0.25) is 4.68 Å². The van der Waals surface area contributed by atoms with Crippen LogP contribution in [-0.2, 0) is 11.8 Å². The molecule has 86 valence electrons. The van der Waals surface area contributed by atoms with Gasteiger partial charge in [0.1, 0.15) is 0 Å². The number of aromatic nitrogens is 2. The summed E-state index contributed by atoms with van der Waals surface area (Å²) in [6, 6.07) is 0. The highest BCUT2D eigenvalue weighted by atomic mass is 79.9. The van der Waals surface area contributed by atoms with Crippen LogP contribution >= 0.6 is 15.9 Å². The summed E-state index contributed by atoms with van der Waals surface area (Å²) in [6.07, 6.45) is 2.76. The summed E-state index contributed by atoms with van der Waals surface area (Å²) in [7, 11) is 1.83. The second-order valence-electron chi connectivity index (χ2n) is 3.36. The Balaban J connectivity index is 2.43. The lowest BCUT2D eigenvalue weighted by Gasteiger charge is -2.11. The van der Waals surface area contributed by atoms with Crippen molar-refractivity contribution in [3.05, 3.63) is 16.4 Å². The van der Waals surface area contributed by atoms with Gasteiger partial charge in [0.05, 0.1) is 22.5 Å². The van der Waals surface area contributed by atoms with Gasteiger partial charge in [0.25, 0.3) is 0 Å². The van der Waals surface area contributed by atoms with Crippen LogP contribution in [0.2, 0.25) is 0 Å². The zero-order chi connectivity index (χ0) is 11.3. The minimum Gasteiger partial charge on any atom is -0.387 e. The highest BCUT2D eigenvalue weighted by Crippen LogP contribution is 2.25. The summed E-state index contributed by atoms with van der Waals surface area (Å²) >= 11 is 3.37. The zero-order valence-corrected chi connectivity index (χ0v) is 10.7. The van der Waals surface area contributed by atoms with Crippen LogP contribution in [0.5, 0.6) is 0 Å². The van der Waals surface area contributed by atoms with Gasteiger partial charge in [-0.2, -0.15) is 5.10 Å². The van der Waals surface area contributed by atoms with Gasteiger partial charge in [-0.05, 0) is 35.7 Å². The fraction of sp³-hybridized carbons (Fsp3) is 0.700. The number of rotatable bonds is 6. The largest absolute Gasteiger partial charge is 0.387 e. The van der Waals surface area contributed by atoms with Gasteiger partial charge in [-0.1, -0.05) is 0 Å². The van der Waals surface area contributed by atoms with E-state index in [1.165, 1.54) is 0 Å². The standard InChI is InChI=1S/C10H17BrN2O2/c1-3-15-6-4-5-9(14)10-8(11)7-12-13(10)2/h7,9,14H,3-6H2,1-2H3. The van der Waals surface area contributed by atoms with Crippen molar-refractivity contribution < 1.29 is 9.84 Å². The summed E-state index contributed by atoms with van der Waals surface area (Å²) in [6.45, 7) is 3.39. The van der Waals surface area contributed by atoms with Crippen molar-refractivity contribution >= 4 is 15.9 Å². The third-order valence-electron chi connectivity index (χ3n) is 2.22. The second-order valence-corrected chi connectivity index (χ2v) is 4.21. The summed E-state index contributed by atoms with van der Waals surface area (Å²) in [5.41, 5.74) is 0.825. The molecule has 0 amide bonds. The minimum absolute atomic E-state index is 0.479. The molecule has 5 heteroatoms. The predicted octanol–water partition coefficient (Wildman–Crippen LogP) is 2.03. The lowest BCUT2D eigenvalue weighted by molar-refractivity contribution is 0.111. The van der Waals surface area contributed by atoms with Gasteiger partial charge in [-0.25, -0.2) is 0 Å². The Labute approximate surface area is 98.4 Å². The topological polar surface area (TPSA) is 47.3 Å². The van der Waals surface area contributed by atoms with Crippen LogP contribution in [0.1, 0.15) is 31.6 Å². The molecule has 1 N–H and O–H groups in total. The van der Waals surface area contributed by atoms with E-state index < -0.39 is 6.10 Å². The van der Waals surface area contributed by atoms with Gasteiger partial charge >= 0.3 is 0 Å². The van der Waals surface area contributed by atoms with E-state index in [9.17, 15) is 5.11 Å². The van der Waals surface area contributed by atoms with Crippen LogP contribution in [0.4, 0.5) is 0 Å². The Morgan fingerprint density at radius 3 is 2.93 bits per heavy atom. The van der Waals surface area contributed by atoms with Crippen LogP contribution < -0.4 is 0 Å². The number of aryl methyl sites for hydroxylation is 1. The Morgan fingerprint density at radius 2 is 2.40 bits per heavy atom. The van der Waals surface area contributed by atoms with Crippen molar-refractivity contribution in [3.63, 3.8) is 0 Å². The van der Waals surface area contributed by atoms with Crippen molar-refractivity contribution in [3.8, 4) is 0 Å². The molecule has 0 radical (unpaired) electrons. The first kappa shape index (κ1) is 12.7. The van der Waals surface area contributed by atoms with Crippen molar-refractivity contribution in [2.24, 2.45) is 7.05 Å². The van der Waals surface area contributed by atoms with Crippen LogP contribution in [0.3, 0.4) is 0 Å². The van der Waals surface area contributed by atoms with Crippen LogP contribution in [0.15, 0.2) is 10.7 Å². The van der Waals surface area contributed by atoms with E-state index in [0.29, 0.717) is 13.0 Å². The first-order chi connectivity index (χ1) is 7.16. The van der Waals surface area contributed by atoms with Crippen molar-refractivity contribution in [2.45, 2.75) is 25.9 Å². The molecule has 0 saturated heterocycles. The maximum Gasteiger partial charge on any atom is 0.0968 e. The van der Waals surface area contributed by atoms with Gasteiger partial charge in [0.2, 0.25) is 0 Å². The summed E-state index contributed by atoms with van der Waals surface area (Å²) < 4.78 is 7.76. The van der Waals surface area contributed by atoms with E-state index >= 15 is 0 Å². The van der Waals surface area contributed by atoms with Crippen molar-refractivity contribution in [2.75, 3.05) is 13.2 Å². The average Bonchev–Trinajstić information content (AvgIpc) is 2.53. The van der Waals surface area contributed by atoms with Gasteiger partial charge < -0.3 is 9.84 Å². The molecule has 0 aliphatic heterocycles. The van der Waals surface area contributed by atoms with Crippen molar-refractivity contribution in [1.29, 1.82) is 0 Å². The first-order valence-electron chi connectivity index (χ1n) is 5.10. The smallest absolute Gasteiger partial charge is 0.0968 e. The van der Waals surface area contributed by atoms with Crippen LogP contribution in [0, 0.1) is 0 Å². The molecule has 1 rings (SSSR count). The predicted molar refractivity (Wildman–Crippen MR) is 61.6 cm³/mol. The molecule has 0 aliphatic rings. The normalized spacial score (nSPS) is 13.1. The van der Waals surface area contributed by atoms with Gasteiger partial charge in [-0.15, -0.1) is 0 Å². The Bertz CT molecular complexity index is 282. The quantitative estimate of drug-likeness (QED) is 0.809. The first-order valence-corrected chi connectivity index (χ1v) is 5.89. The van der Waals surface area contributed by atoms with Gasteiger partial charge in [0, 0.05) is 20.3 Å². The fourth-order valence-electron chi connectivity index (χ4n) is 1.45. The highest BCUT2D eigenvalue weighted by molar-refractivity contribution is 9.10. The average molecular weight is 277 g/mol. The number of ether oxygens (including phenoxy) is 1. The van der Waals surface area contributed by atoms with E-state index in [4.69, 9.17) is 4.74 Å². The number of nitrogens with zero attached hydrogens (tertiary/aromatic N) is 2. The lowest BCUT2D eigenvalue weighted by Crippen LogP contribution is -2.07. The third-order valence-corrected chi connectivity index (χ3v) is 2.83. The van der Waals surface area contributed by atoms with Crippen LogP contribution in [-0.4, -0.2) is 28.1 Å². The van der Waals surface area contributed by atoms with E-state index in [1.54, 1.807) is 10.9 Å². The molecule has 4 nitrogen and oxygen atoms in total. The molecule has 0 fully saturated rings. The molecular formula is C10H17BrN2O2. The number of hydrogen-bond acceptors (Lipinski definition) is 3. The summed E-state index contributed by atoms with van der Waals surface area (Å²) in [4.78, 5) is 0. The second kappa shape index (κ2) is 6.25. The monoisotopic (exact) mass is 276 g/mol. The highest BCUT2D eigenvalue weighted by Gasteiger charge is 2.15. The lowest BCUT2D eigenvalue weighted by atomic mass is 10.1. The number of aliphatic hydroxyl groups is 1. The molecule has 15 heavy (non-hydrogen) atoms. The molecule has 0 aromatic carbocycles. The Hall–Kier alpha value is -0.390. The molecule has 1 unspecified atom stereocenters. The van der Waals surface area contributed by atoms with E-state index in [-0.39, 0.29) is 0 Å².